The zero-order valence-corrected chi connectivity index (χ0v) is 17.2. The normalized spacial score (nSPS) is 10.9. The second-order valence-electron chi connectivity index (χ2n) is 7.08. The molecule has 0 saturated carbocycles. The van der Waals surface area contributed by atoms with Crippen molar-refractivity contribution in [2.45, 2.75) is 46.7 Å². The van der Waals surface area contributed by atoms with E-state index in [2.05, 4.69) is 29.5 Å². The molecule has 2 N–H and O–H groups in total. The van der Waals surface area contributed by atoms with Gasteiger partial charge in [0.2, 0.25) is 0 Å². The quantitative estimate of drug-likeness (QED) is 0.705. The van der Waals surface area contributed by atoms with Crippen LogP contribution in [0.25, 0.3) is 0 Å². The van der Waals surface area contributed by atoms with Crippen LogP contribution in [0.1, 0.15) is 49.6 Å². The van der Waals surface area contributed by atoms with Gasteiger partial charge in [0.05, 0.1) is 6.54 Å². The van der Waals surface area contributed by atoms with Crippen LogP contribution in [0.5, 0.6) is 0 Å². The zero-order valence-electron chi connectivity index (χ0n) is 16.4. The number of anilines is 1. The van der Waals surface area contributed by atoms with Gasteiger partial charge in [-0.15, -0.1) is 11.3 Å². The number of nitrogens with zero attached hydrogens (tertiary/aromatic N) is 2. The van der Waals surface area contributed by atoms with Crippen LogP contribution in [0.3, 0.4) is 0 Å². The van der Waals surface area contributed by atoms with Gasteiger partial charge in [-0.2, -0.15) is 0 Å². The lowest BCUT2D eigenvalue weighted by molar-refractivity contribution is 0.0947. The van der Waals surface area contributed by atoms with Gasteiger partial charge < -0.3 is 15.5 Å². The molecule has 1 heterocycles. The molecular formula is C20H28N4O2S. The average molecular weight is 389 g/mol. The van der Waals surface area contributed by atoms with Crippen molar-refractivity contribution in [2.75, 3.05) is 11.9 Å². The van der Waals surface area contributed by atoms with Gasteiger partial charge in [-0.3, -0.25) is 4.79 Å². The lowest BCUT2D eigenvalue weighted by atomic mass is 10.1. The standard InChI is InChI=1S/C20H28N4O2S/c1-14(2)10-11-21-19(25)17-13-27-18(23-17)12-24(15(3)4)20(26)22-16-8-6-5-7-9-16/h5-9,13-15H,10-12H2,1-4H3,(H,21,25)(H,22,26). The summed E-state index contributed by atoms with van der Waals surface area (Å²) in [5.41, 5.74) is 1.16. The van der Waals surface area contributed by atoms with E-state index in [9.17, 15) is 9.59 Å². The lowest BCUT2D eigenvalue weighted by Gasteiger charge is -2.26. The number of hydrogen-bond acceptors (Lipinski definition) is 4. The molecule has 0 atom stereocenters. The van der Waals surface area contributed by atoms with Crippen LogP contribution in [0.4, 0.5) is 10.5 Å². The minimum absolute atomic E-state index is 0.000862. The SMILES string of the molecule is CC(C)CCNC(=O)c1csc(CN(C(=O)Nc2ccccc2)C(C)C)n1. The van der Waals surface area contributed by atoms with Crippen LogP contribution in [-0.4, -0.2) is 34.4 Å². The highest BCUT2D eigenvalue weighted by atomic mass is 32.1. The molecule has 0 aliphatic rings. The first-order chi connectivity index (χ1) is 12.9. The van der Waals surface area contributed by atoms with E-state index in [1.807, 2.05) is 44.2 Å². The van der Waals surface area contributed by atoms with Crippen molar-refractivity contribution in [3.8, 4) is 0 Å². The average Bonchev–Trinajstić information content (AvgIpc) is 3.08. The van der Waals surface area contributed by atoms with E-state index in [4.69, 9.17) is 0 Å². The van der Waals surface area contributed by atoms with Crippen LogP contribution < -0.4 is 10.6 Å². The third kappa shape index (κ3) is 6.67. The molecule has 0 unspecified atom stereocenters. The molecule has 0 spiro atoms. The van der Waals surface area contributed by atoms with Crippen molar-refractivity contribution in [3.63, 3.8) is 0 Å². The number of urea groups is 1. The van der Waals surface area contributed by atoms with Gasteiger partial charge in [0.15, 0.2) is 0 Å². The van der Waals surface area contributed by atoms with Crippen LogP contribution >= 0.6 is 11.3 Å². The number of amides is 3. The number of thiazole rings is 1. The fraction of sp³-hybridized carbons (Fsp3) is 0.450. The molecule has 0 saturated heterocycles. The minimum atomic E-state index is -0.186. The third-order valence-electron chi connectivity index (χ3n) is 4.01. The second kappa shape index (κ2) is 10.1. The maximum atomic E-state index is 12.6. The molecule has 0 aliphatic carbocycles. The van der Waals surface area contributed by atoms with Crippen molar-refractivity contribution < 1.29 is 9.59 Å². The number of carbonyl (C=O) groups is 2. The first-order valence-corrected chi connectivity index (χ1v) is 10.1. The third-order valence-corrected chi connectivity index (χ3v) is 4.84. The molecule has 146 valence electrons. The Morgan fingerprint density at radius 2 is 1.85 bits per heavy atom. The van der Waals surface area contributed by atoms with Gasteiger partial charge in [-0.1, -0.05) is 32.0 Å². The molecule has 2 rings (SSSR count). The number of para-hydroxylation sites is 1. The Kier molecular flexibility index (Phi) is 7.79. The van der Waals surface area contributed by atoms with Gasteiger partial charge in [0, 0.05) is 23.7 Å². The van der Waals surface area contributed by atoms with E-state index in [-0.39, 0.29) is 18.0 Å². The Morgan fingerprint density at radius 3 is 2.48 bits per heavy atom. The summed E-state index contributed by atoms with van der Waals surface area (Å²) >= 11 is 1.39. The summed E-state index contributed by atoms with van der Waals surface area (Å²) in [5, 5.41) is 8.26. The van der Waals surface area contributed by atoms with Crippen molar-refractivity contribution >= 4 is 29.0 Å². The van der Waals surface area contributed by atoms with Gasteiger partial charge >= 0.3 is 6.03 Å². The van der Waals surface area contributed by atoms with Crippen molar-refractivity contribution in [3.05, 3.63) is 46.4 Å². The largest absolute Gasteiger partial charge is 0.351 e. The van der Waals surface area contributed by atoms with Gasteiger partial charge in [0.1, 0.15) is 10.7 Å². The van der Waals surface area contributed by atoms with Crippen LogP contribution in [-0.2, 0) is 6.54 Å². The summed E-state index contributed by atoms with van der Waals surface area (Å²) < 4.78 is 0. The predicted octanol–water partition coefficient (Wildman–Crippen LogP) is 4.36. The van der Waals surface area contributed by atoms with Crippen LogP contribution in [0, 0.1) is 5.92 Å². The smallest absolute Gasteiger partial charge is 0.322 e. The first kappa shape index (κ1) is 20.9. The molecule has 7 heteroatoms. The maximum absolute atomic E-state index is 12.6. The molecule has 0 bridgehead atoms. The zero-order chi connectivity index (χ0) is 19.8. The van der Waals surface area contributed by atoms with E-state index in [1.54, 1.807) is 10.3 Å². The first-order valence-electron chi connectivity index (χ1n) is 9.22. The number of rotatable bonds is 8. The topological polar surface area (TPSA) is 74.3 Å². The van der Waals surface area contributed by atoms with E-state index < -0.39 is 0 Å². The number of hydrogen-bond donors (Lipinski definition) is 2. The number of benzene rings is 1. The molecule has 1 aromatic carbocycles. The summed E-state index contributed by atoms with van der Waals surface area (Å²) in [7, 11) is 0. The highest BCUT2D eigenvalue weighted by Crippen LogP contribution is 2.16. The minimum Gasteiger partial charge on any atom is -0.351 e. The highest BCUT2D eigenvalue weighted by Gasteiger charge is 2.20. The summed E-state index contributed by atoms with van der Waals surface area (Å²) in [4.78, 5) is 30.9. The molecule has 0 radical (unpaired) electrons. The number of aromatic nitrogens is 1. The summed E-state index contributed by atoms with van der Waals surface area (Å²) in [6, 6.07) is 9.16. The molecule has 3 amide bonds. The Bertz CT molecular complexity index is 743. The van der Waals surface area contributed by atoms with E-state index in [0.29, 0.717) is 24.7 Å². The summed E-state index contributed by atoms with van der Waals surface area (Å²) in [6.07, 6.45) is 0.934. The van der Waals surface area contributed by atoms with Gasteiger partial charge in [0.25, 0.3) is 5.91 Å². The Balaban J connectivity index is 1.97. The van der Waals surface area contributed by atoms with Crippen molar-refractivity contribution in [2.24, 2.45) is 5.92 Å². The van der Waals surface area contributed by atoms with Gasteiger partial charge in [-0.25, -0.2) is 9.78 Å². The van der Waals surface area contributed by atoms with Gasteiger partial charge in [-0.05, 0) is 38.3 Å². The molecule has 0 aliphatic heterocycles. The van der Waals surface area contributed by atoms with Crippen LogP contribution in [0.2, 0.25) is 0 Å². The molecule has 27 heavy (non-hydrogen) atoms. The second-order valence-corrected chi connectivity index (χ2v) is 8.03. The number of nitrogens with one attached hydrogen (secondary N) is 2. The Hall–Kier alpha value is -2.41. The summed E-state index contributed by atoms with van der Waals surface area (Å²) in [6.45, 7) is 9.15. The van der Waals surface area contributed by atoms with E-state index in [1.165, 1.54) is 11.3 Å². The summed E-state index contributed by atoms with van der Waals surface area (Å²) in [5.74, 6) is 0.377. The van der Waals surface area contributed by atoms with Crippen molar-refractivity contribution in [1.82, 2.24) is 15.2 Å². The monoisotopic (exact) mass is 388 g/mol. The molecule has 1 aromatic heterocycles. The predicted molar refractivity (Wildman–Crippen MR) is 110 cm³/mol. The van der Waals surface area contributed by atoms with Crippen LogP contribution in [0.15, 0.2) is 35.7 Å². The maximum Gasteiger partial charge on any atom is 0.322 e. The lowest BCUT2D eigenvalue weighted by Crippen LogP contribution is -2.39. The molecular weight excluding hydrogens is 360 g/mol. The van der Waals surface area contributed by atoms with E-state index in [0.717, 1.165) is 17.1 Å². The number of carbonyl (C=O) groups excluding carboxylic acids is 2. The fourth-order valence-electron chi connectivity index (χ4n) is 2.40. The Morgan fingerprint density at radius 1 is 1.15 bits per heavy atom. The molecule has 6 nitrogen and oxygen atoms in total. The fourth-order valence-corrected chi connectivity index (χ4v) is 3.18. The highest BCUT2D eigenvalue weighted by molar-refractivity contribution is 7.09. The molecule has 0 fully saturated rings. The van der Waals surface area contributed by atoms with Crippen molar-refractivity contribution in [1.29, 1.82) is 0 Å². The molecule has 2 aromatic rings. The Labute approximate surface area is 165 Å². The van der Waals surface area contributed by atoms with E-state index >= 15 is 0 Å².